The van der Waals surface area contributed by atoms with Crippen LogP contribution in [0.3, 0.4) is 0 Å². The summed E-state index contributed by atoms with van der Waals surface area (Å²) in [7, 11) is 0. The molecule has 0 aliphatic heterocycles. The normalized spacial score (nSPS) is 36.6. The number of unbranched alkanes of at least 4 members (excludes halogenated alkanes) is 1. The Morgan fingerprint density at radius 2 is 2.28 bits per heavy atom. The molecule has 0 spiro atoms. The molecule has 2 saturated carbocycles. The fourth-order valence-electron chi connectivity index (χ4n) is 3.28. The number of fused-ring (bicyclic) bond motifs is 1. The van der Waals surface area contributed by atoms with E-state index in [-0.39, 0.29) is 18.4 Å². The van der Waals surface area contributed by atoms with Crippen LogP contribution < -0.4 is 0 Å². The molecule has 0 unspecified atom stereocenters. The lowest BCUT2D eigenvalue weighted by atomic mass is 9.57. The van der Waals surface area contributed by atoms with E-state index in [2.05, 4.69) is 12.0 Å². The van der Waals surface area contributed by atoms with Gasteiger partial charge in [0.15, 0.2) is 0 Å². The second kappa shape index (κ2) is 5.58. The highest BCUT2D eigenvalue weighted by Gasteiger charge is 2.45. The molecular weight excluding hydrogens is 228 g/mol. The van der Waals surface area contributed by atoms with Crippen LogP contribution in [0.4, 0.5) is 0 Å². The lowest BCUT2D eigenvalue weighted by molar-refractivity contribution is -0.137. The van der Waals surface area contributed by atoms with Crippen LogP contribution >= 0.6 is 0 Å². The zero-order chi connectivity index (χ0) is 13.1. The topological polar surface area (TPSA) is 57.5 Å². The van der Waals surface area contributed by atoms with E-state index in [1.165, 1.54) is 5.57 Å². The highest BCUT2D eigenvalue weighted by atomic mass is 16.4. The summed E-state index contributed by atoms with van der Waals surface area (Å²) in [6.07, 6.45) is 11.9. The molecule has 98 valence electrons. The largest absolute Gasteiger partial charge is 0.481 e. The predicted molar refractivity (Wildman–Crippen MR) is 68.7 cm³/mol. The molecule has 0 bridgehead atoms. The van der Waals surface area contributed by atoms with E-state index in [9.17, 15) is 9.90 Å². The zero-order valence-electron chi connectivity index (χ0n) is 10.5. The van der Waals surface area contributed by atoms with Gasteiger partial charge in [-0.2, -0.15) is 0 Å². The molecule has 2 rings (SSSR count). The van der Waals surface area contributed by atoms with E-state index in [4.69, 9.17) is 11.5 Å². The molecular formula is C15H20O3. The molecule has 3 heteroatoms. The molecule has 0 aromatic carbocycles. The first kappa shape index (κ1) is 13.2. The van der Waals surface area contributed by atoms with Gasteiger partial charge in [-0.1, -0.05) is 11.6 Å². The van der Waals surface area contributed by atoms with Gasteiger partial charge in [0, 0.05) is 12.3 Å². The van der Waals surface area contributed by atoms with Crippen molar-refractivity contribution in [3.05, 3.63) is 11.6 Å². The number of allylic oxidation sites excluding steroid dienone is 2. The van der Waals surface area contributed by atoms with Gasteiger partial charge in [-0.05, 0) is 43.9 Å². The first-order valence-electron chi connectivity index (χ1n) is 6.68. The van der Waals surface area contributed by atoms with E-state index >= 15 is 0 Å². The summed E-state index contributed by atoms with van der Waals surface area (Å²) in [6, 6.07) is 0. The van der Waals surface area contributed by atoms with Crippen molar-refractivity contribution >= 4 is 5.97 Å². The molecule has 2 aliphatic carbocycles. The first-order valence-corrected chi connectivity index (χ1v) is 6.68. The van der Waals surface area contributed by atoms with Crippen molar-refractivity contribution in [1.29, 1.82) is 0 Å². The van der Waals surface area contributed by atoms with Gasteiger partial charge in [0.05, 0.1) is 6.10 Å². The van der Waals surface area contributed by atoms with E-state index in [0.29, 0.717) is 18.3 Å². The van der Waals surface area contributed by atoms with E-state index in [1.54, 1.807) is 0 Å². The third-order valence-corrected chi connectivity index (χ3v) is 4.31. The Balaban J connectivity index is 1.84. The summed E-state index contributed by atoms with van der Waals surface area (Å²) in [4.78, 5) is 10.4. The SMILES string of the molecule is C#C[C@H]1[C@@H]2CC(=CCCCC(=O)O)[C@@H]2CC[C@@H]1O. The molecule has 3 nitrogen and oxygen atoms in total. The lowest BCUT2D eigenvalue weighted by Gasteiger charge is -2.48. The summed E-state index contributed by atoms with van der Waals surface area (Å²) < 4.78 is 0. The van der Waals surface area contributed by atoms with Gasteiger partial charge >= 0.3 is 5.97 Å². The minimum atomic E-state index is -0.729. The maximum Gasteiger partial charge on any atom is 0.303 e. The second-order valence-corrected chi connectivity index (χ2v) is 5.38. The number of aliphatic hydroxyl groups excluding tert-OH is 1. The Morgan fingerprint density at radius 1 is 1.50 bits per heavy atom. The third kappa shape index (κ3) is 2.59. The fraction of sp³-hybridized carbons (Fsp3) is 0.667. The zero-order valence-corrected chi connectivity index (χ0v) is 10.5. The van der Waals surface area contributed by atoms with E-state index in [1.807, 2.05) is 0 Å². The van der Waals surface area contributed by atoms with Crippen molar-refractivity contribution in [3.63, 3.8) is 0 Å². The number of hydrogen-bond donors (Lipinski definition) is 2. The molecule has 2 aliphatic rings. The number of carboxylic acid groups (broad SMARTS) is 1. The van der Waals surface area contributed by atoms with Gasteiger partial charge in [-0.15, -0.1) is 12.3 Å². The van der Waals surface area contributed by atoms with Gasteiger partial charge in [-0.3, -0.25) is 4.79 Å². The quantitative estimate of drug-likeness (QED) is 0.455. The number of aliphatic carboxylic acids is 1. The van der Waals surface area contributed by atoms with Crippen molar-refractivity contribution in [3.8, 4) is 12.3 Å². The molecule has 0 heterocycles. The van der Waals surface area contributed by atoms with Crippen LogP contribution in [0.2, 0.25) is 0 Å². The summed E-state index contributed by atoms with van der Waals surface area (Å²) in [5.41, 5.74) is 1.43. The summed E-state index contributed by atoms with van der Waals surface area (Å²) >= 11 is 0. The predicted octanol–water partition coefficient (Wildman–Crippen LogP) is 2.21. The molecule has 0 radical (unpaired) electrons. The van der Waals surface area contributed by atoms with Crippen molar-refractivity contribution in [2.45, 2.75) is 44.6 Å². The average molecular weight is 248 g/mol. The maximum absolute atomic E-state index is 10.4. The second-order valence-electron chi connectivity index (χ2n) is 5.38. The molecule has 0 saturated heterocycles. The van der Waals surface area contributed by atoms with Crippen LogP contribution in [0.15, 0.2) is 11.6 Å². The Labute approximate surface area is 108 Å². The van der Waals surface area contributed by atoms with Gasteiger partial charge in [0.25, 0.3) is 0 Å². The van der Waals surface area contributed by atoms with Crippen LogP contribution in [-0.4, -0.2) is 22.3 Å². The lowest BCUT2D eigenvalue weighted by Crippen LogP contribution is -2.44. The molecule has 4 atom stereocenters. The van der Waals surface area contributed by atoms with Crippen LogP contribution in [-0.2, 0) is 4.79 Å². The Morgan fingerprint density at radius 3 is 2.94 bits per heavy atom. The third-order valence-electron chi connectivity index (χ3n) is 4.31. The van der Waals surface area contributed by atoms with Crippen LogP contribution in [0.25, 0.3) is 0 Å². The van der Waals surface area contributed by atoms with E-state index < -0.39 is 5.97 Å². The number of rotatable bonds is 4. The van der Waals surface area contributed by atoms with Crippen molar-refractivity contribution in [1.82, 2.24) is 0 Å². The molecule has 2 N–H and O–H groups in total. The highest BCUT2D eigenvalue weighted by molar-refractivity contribution is 5.66. The molecule has 2 fully saturated rings. The first-order chi connectivity index (χ1) is 8.63. The number of aliphatic hydroxyl groups is 1. The summed E-state index contributed by atoms with van der Waals surface area (Å²) in [5, 5.41) is 18.4. The fourth-order valence-corrected chi connectivity index (χ4v) is 3.28. The van der Waals surface area contributed by atoms with Gasteiger partial charge in [0.1, 0.15) is 0 Å². The minimum Gasteiger partial charge on any atom is -0.481 e. The van der Waals surface area contributed by atoms with Crippen LogP contribution in [0.1, 0.15) is 38.5 Å². The van der Waals surface area contributed by atoms with Crippen molar-refractivity contribution in [2.24, 2.45) is 17.8 Å². The molecule has 0 aromatic rings. The number of hydrogen-bond acceptors (Lipinski definition) is 2. The Hall–Kier alpha value is -1.27. The smallest absolute Gasteiger partial charge is 0.303 e. The number of carboxylic acids is 1. The summed E-state index contributed by atoms with van der Waals surface area (Å²) in [6.45, 7) is 0. The maximum atomic E-state index is 10.4. The molecule has 0 aromatic heterocycles. The van der Waals surface area contributed by atoms with E-state index in [0.717, 1.165) is 25.7 Å². The highest BCUT2D eigenvalue weighted by Crippen LogP contribution is 2.51. The van der Waals surface area contributed by atoms with Gasteiger partial charge in [-0.25, -0.2) is 0 Å². The van der Waals surface area contributed by atoms with Crippen molar-refractivity contribution in [2.75, 3.05) is 0 Å². The van der Waals surface area contributed by atoms with Gasteiger partial charge in [0.2, 0.25) is 0 Å². The monoisotopic (exact) mass is 248 g/mol. The standard InChI is InChI=1S/C15H20O3/c1-2-11-13-9-10(5-3-4-6-15(17)18)12(13)7-8-14(11)16/h1,5,11-14,16H,3-4,6-9H2,(H,17,18)/t11-,12-,13-,14-/m0/s1. The number of terminal acetylenes is 1. The van der Waals surface area contributed by atoms with Crippen LogP contribution in [0, 0.1) is 30.1 Å². The average Bonchev–Trinajstić information content (AvgIpc) is 2.30. The minimum absolute atomic E-state index is 0.0138. The van der Waals surface area contributed by atoms with Crippen molar-refractivity contribution < 1.29 is 15.0 Å². The summed E-state index contributed by atoms with van der Waals surface area (Å²) in [5.74, 6) is 3.01. The molecule has 0 amide bonds. The Kier molecular flexibility index (Phi) is 4.08. The molecule has 18 heavy (non-hydrogen) atoms. The number of carbonyl (C=O) groups is 1. The van der Waals surface area contributed by atoms with Crippen LogP contribution in [0.5, 0.6) is 0 Å². The van der Waals surface area contributed by atoms with Gasteiger partial charge < -0.3 is 10.2 Å². The Bertz CT molecular complexity index is 391.